The molecular weight excluding hydrogens is 136 g/mol. The molecule has 9 heavy (non-hydrogen) atoms. The van der Waals surface area contributed by atoms with Gasteiger partial charge in [0.2, 0.25) is 0 Å². The van der Waals surface area contributed by atoms with Crippen LogP contribution in [0.25, 0.3) is 0 Å². The highest BCUT2D eigenvalue weighted by molar-refractivity contribution is 6.17. The minimum Gasteiger partial charge on any atom is -0.300 e. The molecule has 0 rings (SSSR count). The third-order valence-electron chi connectivity index (χ3n) is 1.16. The third-order valence-corrected chi connectivity index (χ3v) is 1.43. The summed E-state index contributed by atoms with van der Waals surface area (Å²) in [6.07, 6.45) is 3.84. The largest absolute Gasteiger partial charge is 0.300 e. The van der Waals surface area contributed by atoms with Gasteiger partial charge in [-0.2, -0.15) is 0 Å². The lowest BCUT2D eigenvalue weighted by molar-refractivity contribution is -0.117. The molecule has 0 spiro atoms. The Hall–Kier alpha value is -0.0400. The summed E-state index contributed by atoms with van der Waals surface area (Å²) in [4.78, 5) is 10.4. The number of alkyl halides is 1. The van der Waals surface area contributed by atoms with Gasteiger partial charge in [-0.15, -0.1) is 11.6 Å². The lowest BCUT2D eigenvalue weighted by atomic mass is 10.2. The van der Waals surface area contributed by atoms with Gasteiger partial charge >= 0.3 is 0 Å². The van der Waals surface area contributed by atoms with Crippen molar-refractivity contribution in [3.8, 4) is 0 Å². The van der Waals surface area contributed by atoms with Crippen molar-refractivity contribution < 1.29 is 4.79 Å². The highest BCUT2D eigenvalue weighted by Gasteiger charge is 1.91. The minimum absolute atomic E-state index is 0.282. The quantitative estimate of drug-likeness (QED) is 0.432. The van der Waals surface area contributed by atoms with E-state index in [9.17, 15) is 4.79 Å². The summed E-state index contributed by atoms with van der Waals surface area (Å²) in [6.45, 7) is 1.63. The van der Waals surface area contributed by atoms with Crippen molar-refractivity contribution in [1.82, 2.24) is 0 Å². The molecule has 0 aromatic rings. The van der Waals surface area contributed by atoms with E-state index in [-0.39, 0.29) is 5.78 Å². The Morgan fingerprint density at radius 2 is 2.00 bits per heavy atom. The fourth-order valence-corrected chi connectivity index (χ4v) is 0.834. The smallest absolute Gasteiger partial charge is 0.129 e. The average Bonchev–Trinajstić information content (AvgIpc) is 1.80. The van der Waals surface area contributed by atoms with Gasteiger partial charge in [-0.05, 0) is 19.8 Å². The molecule has 0 fully saturated rings. The molecule has 0 bridgehead atoms. The van der Waals surface area contributed by atoms with Gasteiger partial charge in [0.15, 0.2) is 0 Å². The first-order chi connectivity index (χ1) is 4.27. The Kier molecular flexibility index (Phi) is 6.06. The molecule has 0 amide bonds. The van der Waals surface area contributed by atoms with Crippen LogP contribution in [0, 0.1) is 0 Å². The second-order valence-corrected chi connectivity index (χ2v) is 2.58. The molecule has 0 radical (unpaired) electrons. The number of carbonyl (C=O) groups is 1. The van der Waals surface area contributed by atoms with Crippen molar-refractivity contribution in [2.75, 3.05) is 5.88 Å². The molecule has 0 aromatic heterocycles. The van der Waals surface area contributed by atoms with E-state index in [2.05, 4.69) is 0 Å². The van der Waals surface area contributed by atoms with Crippen LogP contribution in [0.3, 0.4) is 0 Å². The molecule has 2 heteroatoms. The molecule has 0 aromatic carbocycles. The Morgan fingerprint density at radius 3 is 2.44 bits per heavy atom. The molecule has 54 valence electrons. The van der Waals surface area contributed by atoms with Gasteiger partial charge in [-0.3, -0.25) is 0 Å². The lowest BCUT2D eigenvalue weighted by Gasteiger charge is -1.92. The molecular formula is C7H13ClO. The molecule has 0 unspecified atom stereocenters. The molecule has 0 aliphatic rings. The number of hydrogen-bond acceptors (Lipinski definition) is 1. The zero-order chi connectivity index (χ0) is 7.11. The minimum atomic E-state index is 0.282. The molecule has 0 saturated carbocycles. The van der Waals surface area contributed by atoms with Crippen LogP contribution < -0.4 is 0 Å². The fourth-order valence-electron chi connectivity index (χ4n) is 0.645. The van der Waals surface area contributed by atoms with Crippen molar-refractivity contribution in [3.05, 3.63) is 0 Å². The number of halogens is 1. The SMILES string of the molecule is CC(=O)CCCCCCl. The van der Waals surface area contributed by atoms with Crippen LogP contribution >= 0.6 is 11.6 Å². The van der Waals surface area contributed by atoms with Crippen LogP contribution in [-0.4, -0.2) is 11.7 Å². The van der Waals surface area contributed by atoms with Gasteiger partial charge in [0.05, 0.1) is 0 Å². The topological polar surface area (TPSA) is 17.1 Å². The average molecular weight is 149 g/mol. The summed E-state index contributed by atoms with van der Waals surface area (Å²) < 4.78 is 0. The number of rotatable bonds is 5. The van der Waals surface area contributed by atoms with E-state index in [1.807, 2.05) is 0 Å². The number of ketones is 1. The van der Waals surface area contributed by atoms with Crippen molar-refractivity contribution in [2.45, 2.75) is 32.6 Å². The molecule has 0 atom stereocenters. The van der Waals surface area contributed by atoms with Gasteiger partial charge in [-0.25, -0.2) is 0 Å². The first-order valence-electron chi connectivity index (χ1n) is 3.32. The van der Waals surface area contributed by atoms with Crippen LogP contribution in [-0.2, 0) is 4.79 Å². The summed E-state index contributed by atoms with van der Waals surface area (Å²) in [7, 11) is 0. The van der Waals surface area contributed by atoms with Crippen LogP contribution in [0.1, 0.15) is 32.6 Å². The van der Waals surface area contributed by atoms with Crippen LogP contribution in [0.5, 0.6) is 0 Å². The molecule has 0 aliphatic carbocycles. The van der Waals surface area contributed by atoms with Crippen LogP contribution in [0.2, 0.25) is 0 Å². The van der Waals surface area contributed by atoms with E-state index in [4.69, 9.17) is 11.6 Å². The van der Waals surface area contributed by atoms with Crippen molar-refractivity contribution in [3.63, 3.8) is 0 Å². The number of Topliss-reactive ketones (excluding diaryl/α,β-unsaturated/α-hetero) is 1. The molecule has 0 N–H and O–H groups in total. The summed E-state index contributed by atoms with van der Waals surface area (Å²) >= 11 is 5.43. The first kappa shape index (κ1) is 8.96. The summed E-state index contributed by atoms with van der Waals surface area (Å²) in [5, 5.41) is 0. The van der Waals surface area contributed by atoms with E-state index in [0.717, 1.165) is 31.6 Å². The monoisotopic (exact) mass is 148 g/mol. The van der Waals surface area contributed by atoms with Gasteiger partial charge in [0.25, 0.3) is 0 Å². The normalized spacial score (nSPS) is 9.56. The second-order valence-electron chi connectivity index (χ2n) is 2.20. The Labute approximate surface area is 61.4 Å². The molecule has 0 aliphatic heterocycles. The van der Waals surface area contributed by atoms with E-state index in [1.165, 1.54) is 0 Å². The number of unbranched alkanes of at least 4 members (excludes halogenated alkanes) is 2. The van der Waals surface area contributed by atoms with Gasteiger partial charge in [0, 0.05) is 12.3 Å². The molecule has 0 heterocycles. The lowest BCUT2D eigenvalue weighted by Crippen LogP contribution is -1.88. The predicted octanol–water partition coefficient (Wildman–Crippen LogP) is 2.37. The van der Waals surface area contributed by atoms with Crippen LogP contribution in [0.4, 0.5) is 0 Å². The zero-order valence-electron chi connectivity index (χ0n) is 5.82. The maximum Gasteiger partial charge on any atom is 0.129 e. The van der Waals surface area contributed by atoms with Crippen molar-refractivity contribution in [2.24, 2.45) is 0 Å². The summed E-state index contributed by atoms with van der Waals surface area (Å²) in [5.74, 6) is 1.00. The summed E-state index contributed by atoms with van der Waals surface area (Å²) in [5.41, 5.74) is 0. The first-order valence-corrected chi connectivity index (χ1v) is 3.86. The Morgan fingerprint density at radius 1 is 1.33 bits per heavy atom. The van der Waals surface area contributed by atoms with Crippen LogP contribution in [0.15, 0.2) is 0 Å². The summed E-state index contributed by atoms with van der Waals surface area (Å²) in [6, 6.07) is 0. The zero-order valence-corrected chi connectivity index (χ0v) is 6.58. The maximum atomic E-state index is 10.4. The molecule has 0 saturated heterocycles. The Balaban J connectivity index is 2.83. The fraction of sp³-hybridized carbons (Fsp3) is 0.857. The van der Waals surface area contributed by atoms with Gasteiger partial charge < -0.3 is 4.79 Å². The number of hydrogen-bond donors (Lipinski definition) is 0. The van der Waals surface area contributed by atoms with E-state index < -0.39 is 0 Å². The predicted molar refractivity (Wildman–Crippen MR) is 39.9 cm³/mol. The highest BCUT2D eigenvalue weighted by Crippen LogP contribution is 2.00. The Bertz CT molecular complexity index is 81.0. The molecule has 1 nitrogen and oxygen atoms in total. The van der Waals surface area contributed by atoms with E-state index >= 15 is 0 Å². The van der Waals surface area contributed by atoms with Crippen molar-refractivity contribution >= 4 is 17.4 Å². The van der Waals surface area contributed by atoms with Gasteiger partial charge in [-0.1, -0.05) is 6.42 Å². The van der Waals surface area contributed by atoms with E-state index in [1.54, 1.807) is 6.92 Å². The third kappa shape index (κ3) is 7.96. The van der Waals surface area contributed by atoms with E-state index in [0.29, 0.717) is 0 Å². The second kappa shape index (κ2) is 6.09. The highest BCUT2D eigenvalue weighted by atomic mass is 35.5. The standard InChI is InChI=1S/C7H13ClO/c1-7(9)5-3-2-4-6-8/h2-6H2,1H3. The van der Waals surface area contributed by atoms with Gasteiger partial charge in [0.1, 0.15) is 5.78 Å². The van der Waals surface area contributed by atoms with Crippen molar-refractivity contribution in [1.29, 1.82) is 0 Å². The maximum absolute atomic E-state index is 10.4. The number of carbonyl (C=O) groups excluding carboxylic acids is 1.